The summed E-state index contributed by atoms with van der Waals surface area (Å²) in [5.41, 5.74) is 4.20. The van der Waals surface area contributed by atoms with E-state index in [1.165, 1.54) is 16.7 Å². The number of fused-ring (bicyclic) bond motifs is 1. The van der Waals surface area contributed by atoms with E-state index in [1.807, 2.05) is 24.3 Å². The van der Waals surface area contributed by atoms with Gasteiger partial charge in [0.2, 0.25) is 5.91 Å². The number of piperidine rings is 1. The molecule has 4 nitrogen and oxygen atoms in total. The molecular formula is C26H30N2O2. The van der Waals surface area contributed by atoms with Gasteiger partial charge in [-0.25, -0.2) is 0 Å². The highest BCUT2D eigenvalue weighted by Gasteiger charge is 2.39. The number of carbonyl (C=O) groups excluding carboxylic acids is 2. The fourth-order valence-corrected chi connectivity index (χ4v) is 4.74. The van der Waals surface area contributed by atoms with Crippen LogP contribution < -0.4 is 5.32 Å². The first kappa shape index (κ1) is 20.5. The molecule has 4 rings (SSSR count). The van der Waals surface area contributed by atoms with Crippen molar-refractivity contribution in [3.8, 4) is 0 Å². The smallest absolute Gasteiger partial charge is 0.224 e. The summed E-state index contributed by atoms with van der Waals surface area (Å²) in [4.78, 5) is 26.5. The van der Waals surface area contributed by atoms with E-state index in [2.05, 4.69) is 46.6 Å². The molecule has 0 saturated carbocycles. The molecule has 1 amide bonds. The van der Waals surface area contributed by atoms with Gasteiger partial charge in [-0.1, -0.05) is 48.6 Å². The maximum atomic E-state index is 12.5. The number of hydrogen-bond acceptors (Lipinski definition) is 3. The lowest BCUT2D eigenvalue weighted by Crippen LogP contribution is -2.46. The number of carbonyl (C=O) groups is 2. The minimum Gasteiger partial charge on any atom is -0.326 e. The summed E-state index contributed by atoms with van der Waals surface area (Å²) in [5.74, 6) is 0.394. The average molecular weight is 403 g/mol. The highest BCUT2D eigenvalue weighted by molar-refractivity contribution is 5.94. The third-order valence-electron chi connectivity index (χ3n) is 6.66. The van der Waals surface area contributed by atoms with E-state index in [4.69, 9.17) is 0 Å². The van der Waals surface area contributed by atoms with Gasteiger partial charge in [0.05, 0.1) is 5.41 Å². The molecule has 4 heteroatoms. The second-order valence-corrected chi connectivity index (χ2v) is 8.50. The monoisotopic (exact) mass is 402 g/mol. The highest BCUT2D eigenvalue weighted by Crippen LogP contribution is 2.36. The van der Waals surface area contributed by atoms with Crippen LogP contribution in [0.5, 0.6) is 0 Å². The number of Topliss-reactive ketones (excluding diaryl/α,β-unsaturated/α-hetero) is 1. The van der Waals surface area contributed by atoms with Crippen LogP contribution in [0.25, 0.3) is 6.08 Å². The molecule has 30 heavy (non-hydrogen) atoms. The Bertz CT molecular complexity index is 941. The van der Waals surface area contributed by atoms with Crippen LogP contribution in [0.3, 0.4) is 0 Å². The van der Waals surface area contributed by atoms with Gasteiger partial charge in [0.15, 0.2) is 0 Å². The van der Waals surface area contributed by atoms with Crippen LogP contribution in [0, 0.1) is 0 Å². The van der Waals surface area contributed by atoms with Gasteiger partial charge in [0.1, 0.15) is 5.78 Å². The number of rotatable bonds is 6. The van der Waals surface area contributed by atoms with Crippen molar-refractivity contribution in [1.29, 1.82) is 0 Å². The topological polar surface area (TPSA) is 49.4 Å². The molecule has 0 aromatic heterocycles. The predicted molar refractivity (Wildman–Crippen MR) is 122 cm³/mol. The number of aryl methyl sites for hydroxylation is 1. The number of likely N-dealkylation sites (tertiary alicyclic amines) is 1. The highest BCUT2D eigenvalue weighted by atomic mass is 16.1. The molecule has 0 spiro atoms. The molecule has 1 fully saturated rings. The molecule has 0 radical (unpaired) electrons. The van der Waals surface area contributed by atoms with Crippen LogP contribution in [0.1, 0.15) is 49.3 Å². The van der Waals surface area contributed by atoms with E-state index in [9.17, 15) is 9.59 Å². The Balaban J connectivity index is 1.30. The molecule has 0 unspecified atom stereocenters. The van der Waals surface area contributed by atoms with Crippen molar-refractivity contribution < 1.29 is 9.59 Å². The Morgan fingerprint density at radius 3 is 2.60 bits per heavy atom. The summed E-state index contributed by atoms with van der Waals surface area (Å²) in [7, 11) is 0. The molecule has 0 aliphatic carbocycles. The van der Waals surface area contributed by atoms with Crippen LogP contribution in [-0.2, 0) is 21.4 Å². The van der Waals surface area contributed by atoms with E-state index in [0.29, 0.717) is 6.42 Å². The fourth-order valence-electron chi connectivity index (χ4n) is 4.74. The normalized spacial score (nSPS) is 18.8. The first-order valence-corrected chi connectivity index (χ1v) is 11.0. The second kappa shape index (κ2) is 8.97. The summed E-state index contributed by atoms with van der Waals surface area (Å²) in [6.07, 6.45) is 8.57. The largest absolute Gasteiger partial charge is 0.326 e. The molecule has 2 aromatic rings. The Hall–Kier alpha value is -2.72. The lowest BCUT2D eigenvalue weighted by atomic mass is 9.70. The minimum atomic E-state index is -0.313. The first-order chi connectivity index (χ1) is 14.6. The van der Waals surface area contributed by atoms with E-state index >= 15 is 0 Å². The molecule has 2 heterocycles. The maximum absolute atomic E-state index is 12.5. The fraction of sp³-hybridized carbons (Fsp3) is 0.385. The van der Waals surface area contributed by atoms with Crippen LogP contribution in [-0.4, -0.2) is 36.2 Å². The van der Waals surface area contributed by atoms with E-state index in [-0.39, 0.29) is 17.1 Å². The molecule has 0 bridgehead atoms. The maximum Gasteiger partial charge on any atom is 0.224 e. The van der Waals surface area contributed by atoms with Crippen molar-refractivity contribution in [1.82, 2.24) is 4.90 Å². The van der Waals surface area contributed by atoms with Crippen molar-refractivity contribution in [3.05, 3.63) is 71.3 Å². The molecule has 2 aliphatic rings. The zero-order valence-electron chi connectivity index (χ0n) is 17.7. The summed E-state index contributed by atoms with van der Waals surface area (Å²) >= 11 is 0. The zero-order chi connectivity index (χ0) is 21.0. The van der Waals surface area contributed by atoms with E-state index < -0.39 is 0 Å². The number of nitrogens with one attached hydrogen (secondary N) is 1. The summed E-state index contributed by atoms with van der Waals surface area (Å²) < 4.78 is 0. The van der Waals surface area contributed by atoms with Gasteiger partial charge >= 0.3 is 0 Å². The quantitative estimate of drug-likeness (QED) is 0.768. The van der Waals surface area contributed by atoms with Gasteiger partial charge in [-0.15, -0.1) is 0 Å². The zero-order valence-corrected chi connectivity index (χ0v) is 17.7. The van der Waals surface area contributed by atoms with Gasteiger partial charge in [0.25, 0.3) is 0 Å². The van der Waals surface area contributed by atoms with E-state index in [1.54, 1.807) is 6.92 Å². The summed E-state index contributed by atoms with van der Waals surface area (Å²) in [6.45, 7) is 4.68. The molecule has 1 N–H and O–H groups in total. The third kappa shape index (κ3) is 4.39. The van der Waals surface area contributed by atoms with Gasteiger partial charge in [-0.05, 0) is 74.5 Å². The van der Waals surface area contributed by atoms with Crippen LogP contribution in [0.4, 0.5) is 5.69 Å². The first-order valence-electron chi connectivity index (χ1n) is 11.0. The Kier molecular flexibility index (Phi) is 6.14. The van der Waals surface area contributed by atoms with Crippen molar-refractivity contribution in [2.45, 2.75) is 44.4 Å². The van der Waals surface area contributed by atoms with Crippen LogP contribution in [0.15, 0.2) is 54.6 Å². The Morgan fingerprint density at radius 1 is 1.10 bits per heavy atom. The number of anilines is 1. The number of benzene rings is 2. The van der Waals surface area contributed by atoms with Crippen molar-refractivity contribution in [2.75, 3.05) is 25.0 Å². The predicted octanol–water partition coefficient (Wildman–Crippen LogP) is 4.60. The van der Waals surface area contributed by atoms with Crippen LogP contribution in [0.2, 0.25) is 0 Å². The van der Waals surface area contributed by atoms with Crippen molar-refractivity contribution in [2.24, 2.45) is 0 Å². The number of hydrogen-bond donors (Lipinski definition) is 1. The molecule has 1 saturated heterocycles. The third-order valence-corrected chi connectivity index (χ3v) is 6.66. The van der Waals surface area contributed by atoms with Crippen LogP contribution >= 0.6 is 0 Å². The van der Waals surface area contributed by atoms with Crippen molar-refractivity contribution >= 4 is 23.5 Å². The number of ketones is 1. The average Bonchev–Trinajstić information content (AvgIpc) is 2.77. The lowest BCUT2D eigenvalue weighted by Gasteiger charge is -2.40. The minimum absolute atomic E-state index is 0.105. The summed E-state index contributed by atoms with van der Waals surface area (Å²) in [5, 5.41) is 2.93. The molecule has 2 aromatic carbocycles. The lowest BCUT2D eigenvalue weighted by molar-refractivity contribution is -0.124. The second-order valence-electron chi connectivity index (χ2n) is 8.50. The van der Waals surface area contributed by atoms with Gasteiger partial charge in [-0.2, -0.15) is 0 Å². The summed E-state index contributed by atoms with van der Waals surface area (Å²) in [6, 6.07) is 16.5. The van der Waals surface area contributed by atoms with Crippen molar-refractivity contribution in [3.63, 3.8) is 0 Å². The standard InChI is InChI=1S/C26H30N2O2/c1-20(29)26(23-8-3-2-4-9-23)14-17-28(18-15-26)16-6-5-7-21-10-12-24-22(19-21)11-13-25(30)27-24/h2-5,7-10,12,19H,6,11,13-18H2,1H3,(H,27,30). The van der Waals surface area contributed by atoms with Gasteiger partial charge in [0, 0.05) is 18.7 Å². The Morgan fingerprint density at radius 2 is 1.87 bits per heavy atom. The number of amides is 1. The molecule has 156 valence electrons. The van der Waals surface area contributed by atoms with E-state index in [0.717, 1.165) is 51.0 Å². The molecular weight excluding hydrogens is 372 g/mol. The Labute approximate surface area is 179 Å². The SMILES string of the molecule is CC(=O)C1(c2ccccc2)CCN(CCC=Cc2ccc3c(c2)CCC(=O)N3)CC1. The van der Waals surface area contributed by atoms with Gasteiger partial charge in [-0.3, -0.25) is 9.59 Å². The van der Waals surface area contributed by atoms with Gasteiger partial charge < -0.3 is 10.2 Å². The number of nitrogens with zero attached hydrogens (tertiary/aromatic N) is 1. The molecule has 0 atom stereocenters. The molecule has 2 aliphatic heterocycles.